The number of halogens is 1. The lowest BCUT2D eigenvalue weighted by Gasteiger charge is -2.18. The van der Waals surface area contributed by atoms with Gasteiger partial charge in [0.25, 0.3) is 5.91 Å². The monoisotopic (exact) mass is 476 g/mol. The third kappa shape index (κ3) is 4.39. The maximum atomic E-state index is 13.3. The highest BCUT2D eigenvalue weighted by Gasteiger charge is 2.18. The number of phenolic OH excluding ortho intramolecular Hbond substituents is 2. The van der Waals surface area contributed by atoms with Crippen LogP contribution in [0.3, 0.4) is 0 Å². The Bertz CT molecular complexity index is 1490. The number of anilines is 1. The Morgan fingerprint density at radius 3 is 2.71 bits per heavy atom. The second-order valence-electron chi connectivity index (χ2n) is 7.34. The predicted molar refractivity (Wildman–Crippen MR) is 126 cm³/mol. The lowest BCUT2D eigenvalue weighted by Crippen LogP contribution is -2.25. The number of ether oxygens (including phenoxy) is 1. The zero-order valence-corrected chi connectivity index (χ0v) is 18.3. The van der Waals surface area contributed by atoms with Gasteiger partial charge in [0.1, 0.15) is 23.1 Å². The molecular formula is C24H17FN4O4S. The van der Waals surface area contributed by atoms with Crippen LogP contribution in [-0.4, -0.2) is 33.6 Å². The molecule has 1 aliphatic heterocycles. The van der Waals surface area contributed by atoms with Gasteiger partial charge in [0.15, 0.2) is 6.61 Å². The molecule has 3 aromatic carbocycles. The highest BCUT2D eigenvalue weighted by molar-refractivity contribution is 7.07. The highest BCUT2D eigenvalue weighted by Crippen LogP contribution is 2.33. The number of aromatic nitrogens is 1. The van der Waals surface area contributed by atoms with Crippen molar-refractivity contribution >= 4 is 34.8 Å². The molecule has 3 N–H and O–H groups in total. The van der Waals surface area contributed by atoms with Gasteiger partial charge in [0.2, 0.25) is 4.80 Å². The first-order chi connectivity index (χ1) is 16.5. The molecular weight excluding hydrogens is 459 g/mol. The first kappa shape index (κ1) is 21.4. The summed E-state index contributed by atoms with van der Waals surface area (Å²) in [5.74, 6) is -0.233. The molecule has 0 fully saturated rings. The van der Waals surface area contributed by atoms with Gasteiger partial charge in [-0.1, -0.05) is 0 Å². The standard InChI is InChI=1S/C24H17FN4O4S/c25-16-3-5-17(6-4-16)27-24-29(26-11-15-1-7-18(30)10-21(15)31)20(13-34-24)14-2-8-22-19(9-14)28-23(32)12-33-22/h1-11,13,30-31H,12H2,(H,28,32). The first-order valence-corrected chi connectivity index (χ1v) is 11.0. The number of thiazole rings is 1. The molecule has 4 aromatic rings. The van der Waals surface area contributed by atoms with Crippen LogP contribution in [0.2, 0.25) is 0 Å². The summed E-state index contributed by atoms with van der Waals surface area (Å²) in [7, 11) is 0. The Morgan fingerprint density at radius 1 is 1.09 bits per heavy atom. The molecule has 0 saturated heterocycles. The van der Waals surface area contributed by atoms with Gasteiger partial charge >= 0.3 is 0 Å². The second kappa shape index (κ2) is 8.83. The maximum absolute atomic E-state index is 13.3. The van der Waals surface area contributed by atoms with Crippen LogP contribution in [0.15, 0.2) is 76.1 Å². The van der Waals surface area contributed by atoms with E-state index < -0.39 is 0 Å². The molecule has 34 heavy (non-hydrogen) atoms. The van der Waals surface area contributed by atoms with Crippen LogP contribution in [0.1, 0.15) is 5.56 Å². The molecule has 1 amide bonds. The van der Waals surface area contributed by atoms with E-state index in [1.165, 1.54) is 47.9 Å². The van der Waals surface area contributed by atoms with Gasteiger partial charge in [-0.25, -0.2) is 14.1 Å². The molecule has 0 aliphatic carbocycles. The number of phenols is 2. The molecule has 0 unspecified atom stereocenters. The van der Waals surface area contributed by atoms with Crippen molar-refractivity contribution in [1.29, 1.82) is 0 Å². The van der Waals surface area contributed by atoms with Crippen LogP contribution in [0, 0.1) is 5.82 Å². The van der Waals surface area contributed by atoms with E-state index in [2.05, 4.69) is 15.4 Å². The van der Waals surface area contributed by atoms with Crippen molar-refractivity contribution in [3.05, 3.63) is 82.2 Å². The number of benzene rings is 3. The normalized spacial score (nSPS) is 13.6. The molecule has 8 nitrogen and oxygen atoms in total. The molecule has 10 heteroatoms. The van der Waals surface area contributed by atoms with E-state index in [1.807, 2.05) is 11.4 Å². The van der Waals surface area contributed by atoms with Crippen molar-refractivity contribution in [2.45, 2.75) is 0 Å². The van der Waals surface area contributed by atoms with E-state index >= 15 is 0 Å². The Hall–Kier alpha value is -4.44. The molecule has 0 bridgehead atoms. The highest BCUT2D eigenvalue weighted by atomic mass is 32.1. The summed E-state index contributed by atoms with van der Waals surface area (Å²) in [4.78, 5) is 16.8. The summed E-state index contributed by atoms with van der Waals surface area (Å²) in [6.07, 6.45) is 1.44. The van der Waals surface area contributed by atoms with Crippen LogP contribution in [-0.2, 0) is 4.79 Å². The second-order valence-corrected chi connectivity index (χ2v) is 8.18. The van der Waals surface area contributed by atoms with Crippen molar-refractivity contribution < 1.29 is 24.1 Å². The fourth-order valence-electron chi connectivity index (χ4n) is 3.32. The van der Waals surface area contributed by atoms with E-state index in [0.717, 1.165) is 5.56 Å². The molecule has 0 spiro atoms. The molecule has 1 aromatic heterocycles. The van der Waals surface area contributed by atoms with Gasteiger partial charge in [-0.2, -0.15) is 5.10 Å². The zero-order chi connectivity index (χ0) is 23.7. The number of amides is 1. The summed E-state index contributed by atoms with van der Waals surface area (Å²) in [6, 6.07) is 15.3. The van der Waals surface area contributed by atoms with Crippen LogP contribution in [0.4, 0.5) is 15.8 Å². The number of carbonyl (C=O) groups is 1. The fourth-order valence-corrected chi connectivity index (χ4v) is 4.17. The van der Waals surface area contributed by atoms with Gasteiger partial charge in [-0.15, -0.1) is 11.3 Å². The van der Waals surface area contributed by atoms with Crippen LogP contribution in [0.5, 0.6) is 17.2 Å². The summed E-state index contributed by atoms with van der Waals surface area (Å²) in [5.41, 5.74) is 2.89. The third-order valence-corrected chi connectivity index (χ3v) is 5.79. The van der Waals surface area contributed by atoms with Gasteiger partial charge in [0, 0.05) is 22.6 Å². The number of carbonyl (C=O) groups excluding carboxylic acids is 1. The van der Waals surface area contributed by atoms with Crippen LogP contribution < -0.4 is 14.9 Å². The number of nitrogens with one attached hydrogen (secondary N) is 1. The average molecular weight is 476 g/mol. The van der Waals surface area contributed by atoms with E-state index in [4.69, 9.17) is 4.74 Å². The first-order valence-electron chi connectivity index (χ1n) is 10.1. The third-order valence-electron chi connectivity index (χ3n) is 4.97. The summed E-state index contributed by atoms with van der Waals surface area (Å²) in [5, 5.41) is 28.8. The number of hydrogen-bond acceptors (Lipinski definition) is 7. The lowest BCUT2D eigenvalue weighted by atomic mass is 10.1. The predicted octanol–water partition coefficient (Wildman–Crippen LogP) is 4.21. The molecule has 0 atom stereocenters. The minimum atomic E-state index is -0.363. The minimum absolute atomic E-state index is 0.0358. The largest absolute Gasteiger partial charge is 0.508 e. The SMILES string of the molecule is O=C1COc2ccc(-c3csc(=Nc4ccc(F)cc4)n3N=Cc3ccc(O)cc3O)cc2N1. The van der Waals surface area contributed by atoms with Crippen molar-refractivity contribution in [1.82, 2.24) is 4.68 Å². The zero-order valence-electron chi connectivity index (χ0n) is 17.5. The Kier molecular flexibility index (Phi) is 5.56. The van der Waals surface area contributed by atoms with Gasteiger partial charge < -0.3 is 20.3 Å². The number of rotatable bonds is 4. The number of aromatic hydroxyl groups is 2. The molecule has 2 heterocycles. The minimum Gasteiger partial charge on any atom is -0.508 e. The van der Waals surface area contributed by atoms with E-state index in [9.17, 15) is 19.4 Å². The average Bonchev–Trinajstić information content (AvgIpc) is 3.21. The molecule has 1 aliphatic rings. The fraction of sp³-hybridized carbons (Fsp3) is 0.0417. The Labute approximate surface area is 196 Å². The lowest BCUT2D eigenvalue weighted by molar-refractivity contribution is -0.118. The molecule has 170 valence electrons. The van der Waals surface area contributed by atoms with Gasteiger partial charge in [-0.05, 0) is 54.6 Å². The summed E-state index contributed by atoms with van der Waals surface area (Å²) >= 11 is 1.32. The number of fused-ring (bicyclic) bond motifs is 1. The topological polar surface area (TPSA) is 108 Å². The van der Waals surface area contributed by atoms with Crippen molar-refractivity contribution in [2.75, 3.05) is 11.9 Å². The van der Waals surface area contributed by atoms with E-state index in [0.29, 0.717) is 33.2 Å². The van der Waals surface area contributed by atoms with E-state index in [-0.39, 0.29) is 29.8 Å². The number of nitrogens with zero attached hydrogens (tertiary/aromatic N) is 3. The summed E-state index contributed by atoms with van der Waals surface area (Å²) in [6.45, 7) is -0.0358. The summed E-state index contributed by atoms with van der Waals surface area (Å²) < 4.78 is 20.3. The molecule has 5 rings (SSSR count). The smallest absolute Gasteiger partial charge is 0.262 e. The van der Waals surface area contributed by atoms with Crippen molar-refractivity contribution in [3.8, 4) is 28.5 Å². The molecule has 0 saturated carbocycles. The van der Waals surface area contributed by atoms with Crippen LogP contribution in [0.25, 0.3) is 11.3 Å². The number of hydrogen-bond donors (Lipinski definition) is 3. The Morgan fingerprint density at radius 2 is 1.91 bits per heavy atom. The van der Waals surface area contributed by atoms with Gasteiger partial charge in [-0.3, -0.25) is 4.79 Å². The molecule has 0 radical (unpaired) electrons. The van der Waals surface area contributed by atoms with Crippen molar-refractivity contribution in [2.24, 2.45) is 10.1 Å². The Balaban J connectivity index is 1.63. The van der Waals surface area contributed by atoms with Crippen LogP contribution >= 0.6 is 11.3 Å². The van der Waals surface area contributed by atoms with Crippen molar-refractivity contribution in [3.63, 3.8) is 0 Å². The van der Waals surface area contributed by atoms with Gasteiger partial charge in [0.05, 0.1) is 23.3 Å². The quantitative estimate of drug-likeness (QED) is 0.384. The maximum Gasteiger partial charge on any atom is 0.262 e. The van der Waals surface area contributed by atoms with E-state index in [1.54, 1.807) is 28.9 Å².